The second-order valence-electron chi connectivity index (χ2n) is 5.49. The van der Waals surface area contributed by atoms with E-state index in [0.29, 0.717) is 11.4 Å². The first kappa shape index (κ1) is 18.3. The molecule has 0 spiro atoms. The van der Waals surface area contributed by atoms with Crippen LogP contribution in [0.2, 0.25) is 0 Å². The number of nitrogens with one attached hydrogen (secondary N) is 1. The Morgan fingerprint density at radius 3 is 2.60 bits per heavy atom. The van der Waals surface area contributed by atoms with Gasteiger partial charge in [-0.25, -0.2) is 4.79 Å². The molecule has 0 saturated heterocycles. The molecule has 0 radical (unpaired) electrons. The van der Waals surface area contributed by atoms with Crippen LogP contribution < -0.4 is 10.1 Å². The van der Waals surface area contributed by atoms with Crippen LogP contribution >= 0.6 is 0 Å². The van der Waals surface area contributed by atoms with Crippen molar-refractivity contribution in [3.63, 3.8) is 0 Å². The fraction of sp³-hybridized carbons (Fsp3) is 0.200. The van der Waals surface area contributed by atoms with Gasteiger partial charge in [0.05, 0.1) is 7.11 Å². The number of benzene rings is 2. The number of anilines is 1. The number of amides is 1. The van der Waals surface area contributed by atoms with E-state index in [1.165, 1.54) is 13.0 Å². The van der Waals surface area contributed by atoms with Crippen molar-refractivity contribution >= 4 is 23.6 Å². The Balaban J connectivity index is 1.91. The van der Waals surface area contributed by atoms with Crippen LogP contribution in [-0.2, 0) is 14.3 Å². The van der Waals surface area contributed by atoms with Crippen molar-refractivity contribution in [3.05, 3.63) is 65.7 Å². The Bertz CT molecular complexity index is 783. The molecular weight excluding hydrogens is 318 g/mol. The van der Waals surface area contributed by atoms with Gasteiger partial charge >= 0.3 is 5.97 Å². The number of carbonyl (C=O) groups is 2. The zero-order valence-corrected chi connectivity index (χ0v) is 14.5. The van der Waals surface area contributed by atoms with Gasteiger partial charge in [0.1, 0.15) is 5.75 Å². The fourth-order valence-corrected chi connectivity index (χ4v) is 2.14. The topological polar surface area (TPSA) is 64.6 Å². The standard InChI is InChI=1S/C20H21NO4/c1-14-7-4-5-8-16(14)11-12-19(22)25-15(2)20(23)21-17-9-6-10-18(13-17)24-3/h4-13,15H,1-3H3,(H,21,23)/b12-11+/t15-/m0/s1. The molecule has 0 bridgehead atoms. The minimum Gasteiger partial charge on any atom is -0.497 e. The highest BCUT2D eigenvalue weighted by atomic mass is 16.5. The maximum Gasteiger partial charge on any atom is 0.331 e. The van der Waals surface area contributed by atoms with Crippen molar-refractivity contribution in [1.82, 2.24) is 0 Å². The van der Waals surface area contributed by atoms with Crippen LogP contribution in [0.15, 0.2) is 54.6 Å². The van der Waals surface area contributed by atoms with E-state index >= 15 is 0 Å². The molecule has 0 aliphatic rings. The zero-order valence-electron chi connectivity index (χ0n) is 14.5. The average Bonchev–Trinajstić information content (AvgIpc) is 2.61. The monoisotopic (exact) mass is 339 g/mol. The molecule has 0 unspecified atom stereocenters. The summed E-state index contributed by atoms with van der Waals surface area (Å²) in [5.41, 5.74) is 2.55. The highest BCUT2D eigenvalue weighted by Crippen LogP contribution is 2.17. The van der Waals surface area contributed by atoms with Gasteiger partial charge in [0.15, 0.2) is 6.10 Å². The summed E-state index contributed by atoms with van der Waals surface area (Å²) in [6.45, 7) is 3.48. The largest absolute Gasteiger partial charge is 0.497 e. The lowest BCUT2D eigenvalue weighted by Crippen LogP contribution is -2.29. The SMILES string of the molecule is COc1cccc(NC(=O)[C@H](C)OC(=O)/C=C/c2ccccc2C)c1. The quantitative estimate of drug-likeness (QED) is 0.645. The average molecular weight is 339 g/mol. The molecule has 0 heterocycles. The van der Waals surface area contributed by atoms with Gasteiger partial charge in [0.2, 0.25) is 0 Å². The smallest absolute Gasteiger partial charge is 0.331 e. The van der Waals surface area contributed by atoms with Crippen molar-refractivity contribution in [1.29, 1.82) is 0 Å². The number of esters is 1. The maximum absolute atomic E-state index is 12.1. The minimum absolute atomic E-state index is 0.411. The minimum atomic E-state index is -0.916. The zero-order chi connectivity index (χ0) is 18.2. The first-order valence-corrected chi connectivity index (χ1v) is 7.89. The summed E-state index contributed by atoms with van der Waals surface area (Å²) in [4.78, 5) is 24.0. The van der Waals surface area contributed by atoms with Crippen LogP contribution in [-0.4, -0.2) is 25.1 Å². The number of hydrogen-bond donors (Lipinski definition) is 1. The third-order valence-electron chi connectivity index (χ3n) is 3.59. The highest BCUT2D eigenvalue weighted by molar-refractivity contribution is 5.96. The van der Waals surface area contributed by atoms with Crippen LogP contribution in [0.5, 0.6) is 5.75 Å². The number of carbonyl (C=O) groups excluding carboxylic acids is 2. The maximum atomic E-state index is 12.1. The van der Waals surface area contributed by atoms with Gasteiger partial charge in [-0.3, -0.25) is 4.79 Å². The lowest BCUT2D eigenvalue weighted by atomic mass is 10.1. The van der Waals surface area contributed by atoms with Gasteiger partial charge < -0.3 is 14.8 Å². The van der Waals surface area contributed by atoms with E-state index in [2.05, 4.69) is 5.32 Å². The molecule has 1 atom stereocenters. The third kappa shape index (κ3) is 5.49. The van der Waals surface area contributed by atoms with E-state index in [9.17, 15) is 9.59 Å². The van der Waals surface area contributed by atoms with Crippen LogP contribution in [0.3, 0.4) is 0 Å². The van der Waals surface area contributed by atoms with Crippen LogP contribution in [0.4, 0.5) is 5.69 Å². The highest BCUT2D eigenvalue weighted by Gasteiger charge is 2.16. The number of ether oxygens (including phenoxy) is 2. The molecule has 5 heteroatoms. The lowest BCUT2D eigenvalue weighted by molar-refractivity contribution is -0.148. The normalized spacial score (nSPS) is 11.8. The van der Waals surface area contributed by atoms with Gasteiger partial charge in [-0.1, -0.05) is 30.3 Å². The molecule has 0 saturated carbocycles. The number of methoxy groups -OCH3 is 1. The Hall–Kier alpha value is -3.08. The van der Waals surface area contributed by atoms with E-state index in [-0.39, 0.29) is 0 Å². The Morgan fingerprint density at radius 1 is 1.12 bits per heavy atom. The van der Waals surface area contributed by atoms with Gasteiger partial charge in [-0.05, 0) is 43.2 Å². The summed E-state index contributed by atoms with van der Waals surface area (Å²) in [6.07, 6.45) is 2.07. The van der Waals surface area contributed by atoms with Crippen LogP contribution in [0, 0.1) is 6.92 Å². The number of hydrogen-bond acceptors (Lipinski definition) is 4. The molecule has 0 aromatic heterocycles. The van der Waals surface area contributed by atoms with Crippen molar-refractivity contribution in [2.24, 2.45) is 0 Å². The van der Waals surface area contributed by atoms with Crippen molar-refractivity contribution in [2.45, 2.75) is 20.0 Å². The Kier molecular flexibility index (Phi) is 6.34. The summed E-state index contributed by atoms with van der Waals surface area (Å²) < 4.78 is 10.2. The molecule has 2 rings (SSSR count). The molecule has 1 amide bonds. The van der Waals surface area contributed by atoms with E-state index < -0.39 is 18.0 Å². The molecule has 0 aliphatic heterocycles. The first-order valence-electron chi connectivity index (χ1n) is 7.89. The van der Waals surface area contributed by atoms with Crippen molar-refractivity contribution < 1.29 is 19.1 Å². The van der Waals surface area contributed by atoms with E-state index in [0.717, 1.165) is 11.1 Å². The van der Waals surface area contributed by atoms with E-state index in [1.54, 1.807) is 37.5 Å². The van der Waals surface area contributed by atoms with Gasteiger partial charge in [0, 0.05) is 17.8 Å². The van der Waals surface area contributed by atoms with E-state index in [1.807, 2.05) is 31.2 Å². The molecule has 0 aliphatic carbocycles. The van der Waals surface area contributed by atoms with Crippen LogP contribution in [0.25, 0.3) is 6.08 Å². The number of aryl methyl sites for hydroxylation is 1. The molecule has 2 aromatic carbocycles. The Labute approximate surface area is 147 Å². The summed E-state index contributed by atoms with van der Waals surface area (Å²) in [5, 5.41) is 2.68. The van der Waals surface area contributed by atoms with Crippen LogP contribution in [0.1, 0.15) is 18.1 Å². The molecule has 0 fully saturated rings. The summed E-state index contributed by atoms with van der Waals surface area (Å²) in [7, 11) is 1.55. The predicted molar refractivity (Wildman–Crippen MR) is 97.4 cm³/mol. The molecule has 130 valence electrons. The number of rotatable bonds is 6. The Morgan fingerprint density at radius 2 is 1.88 bits per heavy atom. The first-order chi connectivity index (χ1) is 12.0. The lowest BCUT2D eigenvalue weighted by Gasteiger charge is -2.13. The summed E-state index contributed by atoms with van der Waals surface area (Å²) in [5.74, 6) is -0.356. The molecule has 25 heavy (non-hydrogen) atoms. The molecular formula is C20H21NO4. The molecule has 1 N–H and O–H groups in total. The van der Waals surface area contributed by atoms with Gasteiger partial charge in [0.25, 0.3) is 5.91 Å². The second-order valence-corrected chi connectivity index (χ2v) is 5.49. The van der Waals surface area contributed by atoms with Crippen molar-refractivity contribution in [3.8, 4) is 5.75 Å². The van der Waals surface area contributed by atoms with Gasteiger partial charge in [-0.2, -0.15) is 0 Å². The molecule has 2 aromatic rings. The van der Waals surface area contributed by atoms with Crippen molar-refractivity contribution in [2.75, 3.05) is 12.4 Å². The van der Waals surface area contributed by atoms with Gasteiger partial charge in [-0.15, -0.1) is 0 Å². The fourth-order valence-electron chi connectivity index (χ4n) is 2.14. The predicted octanol–water partition coefficient (Wildman–Crippen LogP) is 3.59. The summed E-state index contributed by atoms with van der Waals surface area (Å²) >= 11 is 0. The van der Waals surface area contributed by atoms with E-state index in [4.69, 9.17) is 9.47 Å². The second kappa shape index (κ2) is 8.68. The summed E-state index contributed by atoms with van der Waals surface area (Å²) in [6, 6.07) is 14.6. The molecule has 5 nitrogen and oxygen atoms in total. The third-order valence-corrected chi connectivity index (χ3v) is 3.59.